The van der Waals surface area contributed by atoms with Crippen molar-refractivity contribution in [2.24, 2.45) is 0 Å². The van der Waals surface area contributed by atoms with Crippen LogP contribution in [-0.2, 0) is 17.6 Å². The van der Waals surface area contributed by atoms with Crippen molar-refractivity contribution in [3.8, 4) is 0 Å². The molecule has 4 heteroatoms. The number of carbonyl (C=O) groups is 1. The third-order valence-corrected chi connectivity index (χ3v) is 3.37. The van der Waals surface area contributed by atoms with E-state index in [1.807, 2.05) is 6.92 Å². The Kier molecular flexibility index (Phi) is 4.23. The zero-order chi connectivity index (χ0) is 14.7. The highest BCUT2D eigenvalue weighted by atomic mass is 16.4. The molecule has 0 aliphatic heterocycles. The molecule has 0 bridgehead atoms. The van der Waals surface area contributed by atoms with Crippen molar-refractivity contribution in [2.45, 2.75) is 39.5 Å². The summed E-state index contributed by atoms with van der Waals surface area (Å²) in [5.41, 5.74) is 3.94. The first-order chi connectivity index (χ1) is 9.45. The summed E-state index contributed by atoms with van der Waals surface area (Å²) < 4.78 is 0. The Morgan fingerprint density at radius 1 is 1.30 bits per heavy atom. The van der Waals surface area contributed by atoms with Gasteiger partial charge in [0.2, 0.25) is 0 Å². The normalized spacial score (nSPS) is 11.0. The summed E-state index contributed by atoms with van der Waals surface area (Å²) in [6.07, 6.45) is 0.660. The van der Waals surface area contributed by atoms with E-state index in [1.54, 1.807) is 0 Å². The molecule has 0 spiro atoms. The average molecular weight is 272 g/mol. The molecule has 0 unspecified atom stereocenters. The molecule has 0 amide bonds. The van der Waals surface area contributed by atoms with Crippen LogP contribution in [0.15, 0.2) is 24.3 Å². The molecule has 0 radical (unpaired) electrons. The molecule has 2 aromatic rings. The maximum absolute atomic E-state index is 10.7. The Labute approximate surface area is 118 Å². The predicted molar refractivity (Wildman–Crippen MR) is 78.0 cm³/mol. The Balaban J connectivity index is 2.11. The number of carboxylic acid groups (broad SMARTS) is 1. The topological polar surface area (TPSA) is 66.0 Å². The van der Waals surface area contributed by atoms with Gasteiger partial charge in [0.15, 0.2) is 0 Å². The molecule has 4 nitrogen and oxygen atoms in total. The van der Waals surface area contributed by atoms with Gasteiger partial charge in [0.1, 0.15) is 5.82 Å². The van der Waals surface area contributed by atoms with Gasteiger partial charge in [-0.05, 0) is 24.0 Å². The lowest BCUT2D eigenvalue weighted by atomic mass is 10.0. The van der Waals surface area contributed by atoms with Gasteiger partial charge in [-0.25, -0.2) is 4.98 Å². The lowest BCUT2D eigenvalue weighted by molar-refractivity contribution is -0.136. The highest BCUT2D eigenvalue weighted by molar-refractivity contribution is 5.69. The van der Waals surface area contributed by atoms with Crippen LogP contribution in [0.4, 0.5) is 0 Å². The first-order valence-electron chi connectivity index (χ1n) is 6.80. The van der Waals surface area contributed by atoms with Gasteiger partial charge in [0.05, 0.1) is 12.1 Å². The van der Waals surface area contributed by atoms with Crippen LogP contribution in [0.5, 0.6) is 0 Å². The molecule has 1 aromatic heterocycles. The number of H-pyrrole nitrogens is 1. The van der Waals surface area contributed by atoms with Crippen LogP contribution >= 0.6 is 0 Å². The van der Waals surface area contributed by atoms with Crippen LogP contribution in [0.1, 0.15) is 48.1 Å². The summed E-state index contributed by atoms with van der Waals surface area (Å²) in [7, 11) is 0. The molecule has 106 valence electrons. The molecule has 0 saturated heterocycles. The summed E-state index contributed by atoms with van der Waals surface area (Å²) in [4.78, 5) is 18.3. The van der Waals surface area contributed by atoms with Crippen molar-refractivity contribution in [1.29, 1.82) is 0 Å². The Hall–Kier alpha value is -2.10. The van der Waals surface area contributed by atoms with Gasteiger partial charge in [0.25, 0.3) is 0 Å². The number of benzene rings is 1. The maximum atomic E-state index is 10.7. The zero-order valence-corrected chi connectivity index (χ0v) is 12.1. The van der Waals surface area contributed by atoms with E-state index in [4.69, 9.17) is 5.11 Å². The first-order valence-corrected chi connectivity index (χ1v) is 6.80. The molecule has 0 aliphatic rings. The largest absolute Gasteiger partial charge is 0.481 e. The fourth-order valence-corrected chi connectivity index (χ4v) is 2.18. The number of aromatic nitrogens is 2. The number of rotatable bonds is 5. The van der Waals surface area contributed by atoms with Gasteiger partial charge in [-0.1, -0.05) is 38.1 Å². The molecule has 1 heterocycles. The molecule has 0 atom stereocenters. The summed E-state index contributed by atoms with van der Waals surface area (Å²) in [5.74, 6) is 0.487. The third-order valence-electron chi connectivity index (χ3n) is 3.37. The molecule has 0 saturated carbocycles. The zero-order valence-electron chi connectivity index (χ0n) is 12.1. The minimum absolute atomic E-state index is 0.0331. The lowest BCUT2D eigenvalue weighted by Crippen LogP contribution is -2.01. The second kappa shape index (κ2) is 5.90. The van der Waals surface area contributed by atoms with Gasteiger partial charge in [0, 0.05) is 12.1 Å². The second-order valence-corrected chi connectivity index (χ2v) is 5.40. The van der Waals surface area contributed by atoms with Crippen LogP contribution in [-0.4, -0.2) is 21.0 Å². The van der Waals surface area contributed by atoms with Gasteiger partial charge in [-0.15, -0.1) is 0 Å². The van der Waals surface area contributed by atoms with Gasteiger partial charge < -0.3 is 10.1 Å². The fourth-order valence-electron chi connectivity index (χ4n) is 2.18. The fraction of sp³-hybridized carbons (Fsp3) is 0.375. The monoisotopic (exact) mass is 272 g/mol. The Morgan fingerprint density at radius 3 is 2.50 bits per heavy atom. The number of aromatic amines is 1. The quantitative estimate of drug-likeness (QED) is 0.879. The minimum atomic E-state index is -0.854. The van der Waals surface area contributed by atoms with Gasteiger partial charge in [-0.2, -0.15) is 0 Å². The SMILES string of the molecule is Cc1[nH]c(Cc2ccc(C(C)C)cc2)nc1CC(=O)O. The van der Waals surface area contributed by atoms with Gasteiger partial charge >= 0.3 is 5.97 Å². The van der Waals surface area contributed by atoms with Crippen LogP contribution in [0.25, 0.3) is 0 Å². The molecular formula is C16H20N2O2. The smallest absolute Gasteiger partial charge is 0.309 e. The number of hydrogen-bond donors (Lipinski definition) is 2. The Bertz CT molecular complexity index is 597. The van der Waals surface area contributed by atoms with Crippen molar-refractivity contribution in [2.75, 3.05) is 0 Å². The highest BCUT2D eigenvalue weighted by Crippen LogP contribution is 2.16. The number of nitrogens with one attached hydrogen (secondary N) is 1. The average Bonchev–Trinajstić information content (AvgIpc) is 2.69. The minimum Gasteiger partial charge on any atom is -0.481 e. The van der Waals surface area contributed by atoms with Crippen molar-refractivity contribution in [3.05, 3.63) is 52.6 Å². The van der Waals surface area contributed by atoms with Crippen molar-refractivity contribution in [3.63, 3.8) is 0 Å². The molecule has 0 fully saturated rings. The summed E-state index contributed by atoms with van der Waals surface area (Å²) in [6.45, 7) is 6.20. The number of imidazole rings is 1. The maximum Gasteiger partial charge on any atom is 0.309 e. The molecule has 1 aromatic carbocycles. The first kappa shape index (κ1) is 14.3. The third kappa shape index (κ3) is 3.47. The number of carboxylic acids is 1. The van der Waals surface area contributed by atoms with E-state index < -0.39 is 5.97 Å². The van der Waals surface area contributed by atoms with Crippen LogP contribution in [0, 0.1) is 6.92 Å². The van der Waals surface area contributed by atoms with Gasteiger partial charge in [-0.3, -0.25) is 4.79 Å². The molecule has 20 heavy (non-hydrogen) atoms. The molecule has 2 rings (SSSR count). The summed E-state index contributed by atoms with van der Waals surface area (Å²) in [5, 5.41) is 8.82. The van der Waals surface area contributed by atoms with E-state index in [2.05, 4.69) is 48.1 Å². The standard InChI is InChI=1S/C16H20N2O2/c1-10(2)13-6-4-12(5-7-13)8-15-17-11(3)14(18-15)9-16(19)20/h4-7,10H,8-9H2,1-3H3,(H,17,18)(H,19,20). The second-order valence-electron chi connectivity index (χ2n) is 5.40. The number of hydrogen-bond acceptors (Lipinski definition) is 2. The van der Waals surface area contributed by atoms with E-state index in [-0.39, 0.29) is 6.42 Å². The van der Waals surface area contributed by atoms with Crippen LogP contribution < -0.4 is 0 Å². The highest BCUT2D eigenvalue weighted by Gasteiger charge is 2.10. The molecular weight excluding hydrogens is 252 g/mol. The van der Waals surface area contributed by atoms with Crippen LogP contribution in [0.3, 0.4) is 0 Å². The van der Waals surface area contributed by atoms with E-state index in [1.165, 1.54) is 11.1 Å². The van der Waals surface area contributed by atoms with E-state index in [0.29, 0.717) is 18.0 Å². The lowest BCUT2D eigenvalue weighted by Gasteiger charge is -2.05. The number of aliphatic carboxylic acids is 1. The van der Waals surface area contributed by atoms with E-state index >= 15 is 0 Å². The molecule has 0 aliphatic carbocycles. The Morgan fingerprint density at radius 2 is 1.95 bits per heavy atom. The summed E-state index contributed by atoms with van der Waals surface area (Å²) in [6, 6.07) is 8.47. The number of aryl methyl sites for hydroxylation is 1. The molecule has 2 N–H and O–H groups in total. The summed E-state index contributed by atoms with van der Waals surface area (Å²) >= 11 is 0. The van der Waals surface area contributed by atoms with E-state index in [0.717, 1.165) is 11.5 Å². The van der Waals surface area contributed by atoms with Crippen molar-refractivity contribution < 1.29 is 9.90 Å². The van der Waals surface area contributed by atoms with Crippen LogP contribution in [0.2, 0.25) is 0 Å². The van der Waals surface area contributed by atoms with Crippen molar-refractivity contribution in [1.82, 2.24) is 9.97 Å². The van der Waals surface area contributed by atoms with Crippen molar-refractivity contribution >= 4 is 5.97 Å². The van der Waals surface area contributed by atoms with E-state index in [9.17, 15) is 4.79 Å². The predicted octanol–water partition coefficient (Wildman–Crippen LogP) is 3.06. The number of nitrogens with zero attached hydrogens (tertiary/aromatic N) is 1.